The molecule has 1 aliphatic rings. The third-order valence-corrected chi connectivity index (χ3v) is 2.76. The number of imidazole rings is 1. The lowest BCUT2D eigenvalue weighted by Crippen LogP contribution is -2.22. The van der Waals surface area contributed by atoms with Crippen LogP contribution in [0.1, 0.15) is 0 Å². The maximum absolute atomic E-state index is 9.49. The van der Waals surface area contributed by atoms with Crippen molar-refractivity contribution < 1.29 is 10.2 Å². The predicted molar refractivity (Wildman–Crippen MR) is 55.9 cm³/mol. The second kappa shape index (κ2) is 3.39. The molecule has 0 aromatic carbocycles. The van der Waals surface area contributed by atoms with E-state index in [2.05, 4.69) is 19.9 Å². The van der Waals surface area contributed by atoms with Crippen LogP contribution >= 0.6 is 0 Å². The molecule has 84 valence electrons. The van der Waals surface area contributed by atoms with Gasteiger partial charge in [-0.1, -0.05) is 0 Å². The lowest BCUT2D eigenvalue weighted by Gasteiger charge is -2.16. The number of H-pyrrole nitrogens is 1. The zero-order valence-corrected chi connectivity index (χ0v) is 8.41. The molecule has 7 nitrogen and oxygen atoms in total. The van der Waals surface area contributed by atoms with Crippen molar-refractivity contribution in [3.63, 3.8) is 0 Å². The van der Waals surface area contributed by atoms with Gasteiger partial charge in [0, 0.05) is 13.1 Å². The highest BCUT2D eigenvalue weighted by Crippen LogP contribution is 2.23. The van der Waals surface area contributed by atoms with Crippen LogP contribution in [0.3, 0.4) is 0 Å². The number of rotatable bonds is 1. The average Bonchev–Trinajstić information content (AvgIpc) is 2.85. The van der Waals surface area contributed by atoms with Gasteiger partial charge in [0.15, 0.2) is 11.5 Å². The first-order valence-corrected chi connectivity index (χ1v) is 5.01. The number of aromatic amines is 1. The van der Waals surface area contributed by atoms with Gasteiger partial charge in [-0.2, -0.15) is 0 Å². The highest BCUT2D eigenvalue weighted by molar-refractivity contribution is 5.82. The molecule has 1 fully saturated rings. The number of nitrogens with one attached hydrogen (secondary N) is 1. The number of β-amino-alcohol motifs (C(OH)–C–C–N with tert-alkyl or cyclic N) is 2. The molecule has 1 saturated heterocycles. The van der Waals surface area contributed by atoms with Gasteiger partial charge in [0.05, 0.1) is 18.5 Å². The lowest BCUT2D eigenvalue weighted by atomic mass is 10.3. The summed E-state index contributed by atoms with van der Waals surface area (Å²) in [5, 5.41) is 19.0. The third-order valence-electron chi connectivity index (χ3n) is 2.76. The van der Waals surface area contributed by atoms with Gasteiger partial charge in [0.25, 0.3) is 0 Å². The minimum Gasteiger partial charge on any atom is -0.389 e. The standard InChI is InChI=1S/C9H11N5O2/c15-5-1-14(2-6(5)16)9-7-8(11-3-10-7)12-4-13-9/h3-6,15-16H,1-2H2,(H,10,11,12,13). The zero-order chi connectivity index (χ0) is 11.1. The van der Waals surface area contributed by atoms with E-state index < -0.39 is 12.2 Å². The van der Waals surface area contributed by atoms with E-state index in [1.807, 2.05) is 4.90 Å². The second-order valence-electron chi connectivity index (χ2n) is 3.84. The Hall–Kier alpha value is -1.73. The molecule has 2 aromatic heterocycles. The maximum Gasteiger partial charge on any atom is 0.182 e. The number of fused-ring (bicyclic) bond motifs is 1. The molecule has 1 aliphatic heterocycles. The van der Waals surface area contributed by atoms with Gasteiger partial charge in [-0.3, -0.25) is 0 Å². The fraction of sp³-hybridized carbons (Fsp3) is 0.444. The summed E-state index contributed by atoms with van der Waals surface area (Å²) in [6.07, 6.45) is 1.52. The molecule has 3 rings (SSSR count). The number of aromatic nitrogens is 4. The SMILES string of the molecule is OC1CN(c2ncnc3nc[nH]c23)CC1O. The zero-order valence-electron chi connectivity index (χ0n) is 8.41. The summed E-state index contributed by atoms with van der Waals surface area (Å²) in [7, 11) is 0. The van der Waals surface area contributed by atoms with E-state index in [9.17, 15) is 10.2 Å². The quantitative estimate of drug-likeness (QED) is 0.565. The predicted octanol–water partition coefficient (Wildman–Crippen LogP) is -1.11. The summed E-state index contributed by atoms with van der Waals surface area (Å²) in [6, 6.07) is 0. The average molecular weight is 221 g/mol. The molecule has 0 spiro atoms. The molecule has 16 heavy (non-hydrogen) atoms. The van der Waals surface area contributed by atoms with Gasteiger partial charge in [0.1, 0.15) is 11.8 Å². The van der Waals surface area contributed by atoms with Gasteiger partial charge in [-0.15, -0.1) is 0 Å². The van der Waals surface area contributed by atoms with Crippen molar-refractivity contribution in [2.24, 2.45) is 0 Å². The lowest BCUT2D eigenvalue weighted by molar-refractivity contribution is 0.0572. The Morgan fingerprint density at radius 2 is 1.94 bits per heavy atom. The second-order valence-corrected chi connectivity index (χ2v) is 3.84. The Kier molecular flexibility index (Phi) is 2.01. The molecule has 2 unspecified atom stereocenters. The first-order valence-electron chi connectivity index (χ1n) is 5.01. The van der Waals surface area contributed by atoms with Crippen molar-refractivity contribution >= 4 is 17.0 Å². The van der Waals surface area contributed by atoms with Crippen molar-refractivity contribution in [1.82, 2.24) is 19.9 Å². The van der Waals surface area contributed by atoms with Crippen molar-refractivity contribution in [2.75, 3.05) is 18.0 Å². The van der Waals surface area contributed by atoms with Crippen LogP contribution in [0.4, 0.5) is 5.82 Å². The third kappa shape index (κ3) is 1.33. The highest BCUT2D eigenvalue weighted by Gasteiger charge is 2.31. The molecule has 0 bridgehead atoms. The molecular weight excluding hydrogens is 210 g/mol. The van der Waals surface area contributed by atoms with Gasteiger partial charge in [-0.25, -0.2) is 15.0 Å². The van der Waals surface area contributed by atoms with Crippen LogP contribution in [-0.2, 0) is 0 Å². The molecular formula is C9H11N5O2. The first kappa shape index (κ1) is 9.49. The van der Waals surface area contributed by atoms with E-state index in [0.717, 1.165) is 5.52 Å². The molecule has 2 aromatic rings. The largest absolute Gasteiger partial charge is 0.389 e. The van der Waals surface area contributed by atoms with Crippen LogP contribution in [-0.4, -0.2) is 55.4 Å². The van der Waals surface area contributed by atoms with Crippen LogP contribution in [0.15, 0.2) is 12.7 Å². The van der Waals surface area contributed by atoms with E-state index in [0.29, 0.717) is 24.6 Å². The van der Waals surface area contributed by atoms with Gasteiger partial charge < -0.3 is 20.1 Å². The Bertz CT molecular complexity index is 503. The number of aliphatic hydroxyl groups excluding tert-OH is 2. The number of aliphatic hydroxyl groups is 2. The van der Waals surface area contributed by atoms with Crippen LogP contribution in [0.2, 0.25) is 0 Å². The van der Waals surface area contributed by atoms with Crippen molar-refractivity contribution in [2.45, 2.75) is 12.2 Å². The summed E-state index contributed by atoms with van der Waals surface area (Å²) in [5.74, 6) is 0.665. The number of nitrogens with zero attached hydrogens (tertiary/aromatic N) is 4. The molecule has 0 radical (unpaired) electrons. The molecule has 0 saturated carbocycles. The minimum atomic E-state index is -0.729. The first-order chi connectivity index (χ1) is 7.75. The Morgan fingerprint density at radius 1 is 1.19 bits per heavy atom. The summed E-state index contributed by atoms with van der Waals surface area (Å²) in [5.41, 5.74) is 1.31. The monoisotopic (exact) mass is 221 g/mol. The fourth-order valence-electron chi connectivity index (χ4n) is 1.93. The van der Waals surface area contributed by atoms with Crippen LogP contribution in [0.5, 0.6) is 0 Å². The number of hydrogen-bond acceptors (Lipinski definition) is 6. The van der Waals surface area contributed by atoms with E-state index in [-0.39, 0.29) is 0 Å². The molecule has 3 heterocycles. The fourth-order valence-corrected chi connectivity index (χ4v) is 1.93. The topological polar surface area (TPSA) is 98.2 Å². The van der Waals surface area contributed by atoms with Crippen molar-refractivity contribution in [3.05, 3.63) is 12.7 Å². The van der Waals surface area contributed by atoms with Crippen molar-refractivity contribution in [1.29, 1.82) is 0 Å². The van der Waals surface area contributed by atoms with E-state index in [1.54, 1.807) is 6.33 Å². The van der Waals surface area contributed by atoms with Crippen LogP contribution in [0, 0.1) is 0 Å². The molecule has 2 atom stereocenters. The minimum absolute atomic E-state index is 0.367. The Labute approximate surface area is 90.8 Å². The smallest absolute Gasteiger partial charge is 0.182 e. The summed E-state index contributed by atoms with van der Waals surface area (Å²) >= 11 is 0. The summed E-state index contributed by atoms with van der Waals surface area (Å²) < 4.78 is 0. The highest BCUT2D eigenvalue weighted by atomic mass is 16.3. The molecule has 0 amide bonds. The number of anilines is 1. The molecule has 0 aliphatic carbocycles. The van der Waals surface area contributed by atoms with Crippen molar-refractivity contribution in [3.8, 4) is 0 Å². The Balaban J connectivity index is 2.03. The van der Waals surface area contributed by atoms with E-state index in [4.69, 9.17) is 0 Å². The molecule has 7 heteroatoms. The van der Waals surface area contributed by atoms with Gasteiger partial charge in [0.2, 0.25) is 0 Å². The van der Waals surface area contributed by atoms with Gasteiger partial charge >= 0.3 is 0 Å². The summed E-state index contributed by atoms with van der Waals surface area (Å²) in [6.45, 7) is 0.735. The Morgan fingerprint density at radius 3 is 2.69 bits per heavy atom. The van der Waals surface area contributed by atoms with E-state index in [1.165, 1.54) is 6.33 Å². The van der Waals surface area contributed by atoms with Gasteiger partial charge in [-0.05, 0) is 0 Å². The normalized spacial score (nSPS) is 25.5. The van der Waals surface area contributed by atoms with Crippen LogP contribution in [0.25, 0.3) is 11.2 Å². The number of hydrogen-bond donors (Lipinski definition) is 3. The van der Waals surface area contributed by atoms with Crippen LogP contribution < -0.4 is 4.90 Å². The van der Waals surface area contributed by atoms with E-state index >= 15 is 0 Å². The maximum atomic E-state index is 9.49. The summed E-state index contributed by atoms with van der Waals surface area (Å²) in [4.78, 5) is 17.0. The molecule has 3 N–H and O–H groups in total.